The van der Waals surface area contributed by atoms with E-state index in [1.165, 1.54) is 5.56 Å². The monoisotopic (exact) mass is 397 g/mol. The summed E-state index contributed by atoms with van der Waals surface area (Å²) < 4.78 is 5.41. The van der Waals surface area contributed by atoms with Gasteiger partial charge in [0.2, 0.25) is 5.91 Å². The van der Waals surface area contributed by atoms with Crippen LogP contribution < -0.4 is 15.5 Å². The van der Waals surface area contributed by atoms with Crippen LogP contribution in [0.5, 0.6) is 0 Å². The second-order valence-electron chi connectivity index (χ2n) is 7.12. The number of amides is 1. The van der Waals surface area contributed by atoms with Crippen molar-refractivity contribution in [2.45, 2.75) is 52.5 Å². The Kier molecular flexibility index (Phi) is 7.27. The largest absolute Gasteiger partial charge is 0.361 e. The fraction of sp³-hybridized carbons (Fsp3) is 0.500. The molecule has 2 N–H and O–H groups in total. The van der Waals surface area contributed by atoms with Crippen LogP contribution in [-0.4, -0.2) is 37.2 Å². The zero-order chi connectivity index (χ0) is 20.6. The summed E-state index contributed by atoms with van der Waals surface area (Å²) in [5, 5.41) is 10.8. The summed E-state index contributed by atoms with van der Waals surface area (Å²) in [5.74, 6) is 1.82. The Morgan fingerprint density at radius 3 is 2.83 bits per heavy atom. The molecule has 2 aromatic rings. The summed E-state index contributed by atoms with van der Waals surface area (Å²) in [6.07, 6.45) is 3.88. The first-order valence-electron chi connectivity index (χ1n) is 10.5. The van der Waals surface area contributed by atoms with E-state index in [-0.39, 0.29) is 5.91 Å². The minimum absolute atomic E-state index is 0.185. The third kappa shape index (κ3) is 4.96. The van der Waals surface area contributed by atoms with E-state index in [1.54, 1.807) is 7.05 Å². The predicted octanol–water partition coefficient (Wildman–Crippen LogP) is 2.83. The maximum Gasteiger partial charge on any atom is 0.227 e. The van der Waals surface area contributed by atoms with Gasteiger partial charge in [0.05, 0.1) is 5.69 Å². The lowest BCUT2D eigenvalue weighted by Crippen LogP contribution is -2.38. The first-order chi connectivity index (χ1) is 14.2. The Morgan fingerprint density at radius 2 is 2.07 bits per heavy atom. The van der Waals surface area contributed by atoms with Crippen LogP contribution in [0.25, 0.3) is 0 Å². The van der Waals surface area contributed by atoms with Crippen LogP contribution in [0.1, 0.15) is 49.3 Å². The Hall–Kier alpha value is -2.83. The first-order valence-corrected chi connectivity index (χ1v) is 10.5. The van der Waals surface area contributed by atoms with Crippen molar-refractivity contribution in [3.63, 3.8) is 0 Å². The number of aromatic nitrogens is 1. The van der Waals surface area contributed by atoms with Crippen molar-refractivity contribution in [1.82, 2.24) is 15.8 Å². The van der Waals surface area contributed by atoms with Gasteiger partial charge in [-0.25, -0.2) is 0 Å². The zero-order valence-corrected chi connectivity index (χ0v) is 17.6. The summed E-state index contributed by atoms with van der Waals surface area (Å²) in [4.78, 5) is 18.8. The molecule has 156 valence electrons. The Balaban J connectivity index is 1.43. The molecule has 1 amide bonds. The molecule has 7 nitrogen and oxygen atoms in total. The Bertz CT molecular complexity index is 837. The van der Waals surface area contributed by atoms with E-state index in [0.717, 1.165) is 54.9 Å². The number of carbonyl (C=O) groups is 1. The standard InChI is InChI=1S/C22H31N5O2/c1-4-18-17(20(5-2)29-26-18)15-25-22(23-3)24-13-8-11-21(28)27-14-12-16-9-6-7-10-19(16)27/h6-7,9-10H,4-5,8,11-15H2,1-3H3,(H2,23,24,25). The van der Waals surface area contributed by atoms with Gasteiger partial charge in [-0.15, -0.1) is 0 Å². The molecule has 0 spiro atoms. The number of hydrogen-bond acceptors (Lipinski definition) is 4. The molecular formula is C22H31N5O2. The fourth-order valence-corrected chi connectivity index (χ4v) is 3.71. The normalized spacial score (nSPS) is 13.5. The minimum atomic E-state index is 0.185. The lowest BCUT2D eigenvalue weighted by molar-refractivity contribution is -0.118. The van der Waals surface area contributed by atoms with Crippen molar-refractivity contribution in [3.8, 4) is 0 Å². The summed E-state index contributed by atoms with van der Waals surface area (Å²) in [6.45, 7) is 6.23. The van der Waals surface area contributed by atoms with Crippen LogP contribution in [0.2, 0.25) is 0 Å². The van der Waals surface area contributed by atoms with Crippen molar-refractivity contribution in [3.05, 3.63) is 46.8 Å². The van der Waals surface area contributed by atoms with Crippen LogP contribution in [0, 0.1) is 0 Å². The number of aliphatic imine (C=N–C) groups is 1. The maximum atomic E-state index is 12.6. The van der Waals surface area contributed by atoms with E-state index in [2.05, 4.69) is 40.7 Å². The van der Waals surface area contributed by atoms with Crippen molar-refractivity contribution in [2.75, 3.05) is 25.0 Å². The molecule has 0 atom stereocenters. The van der Waals surface area contributed by atoms with E-state index < -0.39 is 0 Å². The first kappa shape index (κ1) is 20.9. The highest BCUT2D eigenvalue weighted by molar-refractivity contribution is 5.95. The second-order valence-corrected chi connectivity index (χ2v) is 7.12. The van der Waals surface area contributed by atoms with Crippen LogP contribution in [0.3, 0.4) is 0 Å². The van der Waals surface area contributed by atoms with Gasteiger partial charge in [0.25, 0.3) is 0 Å². The average Bonchev–Trinajstić information content (AvgIpc) is 3.36. The fourth-order valence-electron chi connectivity index (χ4n) is 3.71. The van der Waals surface area contributed by atoms with E-state index in [0.29, 0.717) is 25.5 Å². The van der Waals surface area contributed by atoms with Crippen LogP contribution in [0.4, 0.5) is 5.69 Å². The molecule has 1 aliphatic heterocycles. The van der Waals surface area contributed by atoms with Gasteiger partial charge in [0.1, 0.15) is 5.76 Å². The quantitative estimate of drug-likeness (QED) is 0.407. The number of benzene rings is 1. The minimum Gasteiger partial charge on any atom is -0.361 e. The Labute approximate surface area is 172 Å². The predicted molar refractivity (Wildman–Crippen MR) is 115 cm³/mol. The summed E-state index contributed by atoms with van der Waals surface area (Å²) in [7, 11) is 1.75. The van der Waals surface area contributed by atoms with Gasteiger partial charge < -0.3 is 20.1 Å². The van der Waals surface area contributed by atoms with Crippen molar-refractivity contribution in [1.29, 1.82) is 0 Å². The van der Waals surface area contributed by atoms with Crippen molar-refractivity contribution >= 4 is 17.6 Å². The SMILES string of the molecule is CCc1noc(CC)c1CNC(=NC)NCCCC(=O)N1CCc2ccccc21. The molecule has 0 saturated heterocycles. The summed E-state index contributed by atoms with van der Waals surface area (Å²) in [5.41, 5.74) is 4.42. The van der Waals surface area contributed by atoms with Gasteiger partial charge in [0.15, 0.2) is 5.96 Å². The maximum absolute atomic E-state index is 12.6. The molecule has 7 heteroatoms. The molecule has 0 bridgehead atoms. The number of aryl methyl sites for hydroxylation is 2. The zero-order valence-electron chi connectivity index (χ0n) is 17.6. The highest BCUT2D eigenvalue weighted by atomic mass is 16.5. The summed E-state index contributed by atoms with van der Waals surface area (Å²) >= 11 is 0. The van der Waals surface area contributed by atoms with Crippen molar-refractivity contribution in [2.24, 2.45) is 4.99 Å². The highest BCUT2D eigenvalue weighted by Crippen LogP contribution is 2.27. The van der Waals surface area contributed by atoms with Gasteiger partial charge >= 0.3 is 0 Å². The number of guanidine groups is 1. The molecule has 0 aliphatic carbocycles. The van der Waals surface area contributed by atoms with E-state index >= 15 is 0 Å². The molecule has 0 unspecified atom stereocenters. The van der Waals surface area contributed by atoms with Gasteiger partial charge in [0, 0.05) is 50.8 Å². The van der Waals surface area contributed by atoms with Crippen LogP contribution >= 0.6 is 0 Å². The topological polar surface area (TPSA) is 82.8 Å². The third-order valence-electron chi connectivity index (χ3n) is 5.31. The molecule has 3 rings (SSSR count). The third-order valence-corrected chi connectivity index (χ3v) is 5.31. The van der Waals surface area contributed by atoms with E-state index in [9.17, 15) is 4.79 Å². The number of nitrogens with one attached hydrogen (secondary N) is 2. The molecule has 1 aromatic carbocycles. The number of hydrogen-bond donors (Lipinski definition) is 2. The van der Waals surface area contributed by atoms with E-state index in [1.807, 2.05) is 23.1 Å². The van der Waals surface area contributed by atoms with Gasteiger partial charge in [-0.05, 0) is 30.9 Å². The van der Waals surface area contributed by atoms with Gasteiger partial charge in [-0.3, -0.25) is 9.79 Å². The number of anilines is 1. The molecule has 0 saturated carbocycles. The lowest BCUT2D eigenvalue weighted by atomic mass is 10.1. The smallest absolute Gasteiger partial charge is 0.227 e. The Morgan fingerprint density at radius 1 is 1.24 bits per heavy atom. The number of nitrogens with zero attached hydrogens (tertiary/aromatic N) is 3. The van der Waals surface area contributed by atoms with Crippen molar-refractivity contribution < 1.29 is 9.32 Å². The van der Waals surface area contributed by atoms with Crippen LogP contribution in [-0.2, 0) is 30.6 Å². The number of carbonyl (C=O) groups excluding carboxylic acids is 1. The summed E-state index contributed by atoms with van der Waals surface area (Å²) in [6, 6.07) is 8.15. The molecule has 1 aliphatic rings. The number of para-hydroxylation sites is 1. The van der Waals surface area contributed by atoms with E-state index in [4.69, 9.17) is 4.52 Å². The molecule has 29 heavy (non-hydrogen) atoms. The number of rotatable bonds is 8. The average molecular weight is 398 g/mol. The molecule has 1 aromatic heterocycles. The molecule has 2 heterocycles. The highest BCUT2D eigenvalue weighted by Gasteiger charge is 2.23. The molecular weight excluding hydrogens is 366 g/mol. The molecule has 0 fully saturated rings. The lowest BCUT2D eigenvalue weighted by Gasteiger charge is -2.17. The van der Waals surface area contributed by atoms with Gasteiger partial charge in [-0.1, -0.05) is 37.2 Å². The van der Waals surface area contributed by atoms with Crippen LogP contribution in [0.15, 0.2) is 33.8 Å². The molecule has 0 radical (unpaired) electrons. The second kappa shape index (κ2) is 10.1. The number of fused-ring (bicyclic) bond motifs is 1. The van der Waals surface area contributed by atoms with Gasteiger partial charge in [-0.2, -0.15) is 0 Å².